The molecule has 5 heteroatoms. The molecule has 0 aromatic rings. The first-order valence-corrected chi connectivity index (χ1v) is 7.25. The van der Waals surface area contributed by atoms with Crippen molar-refractivity contribution in [2.75, 3.05) is 13.2 Å². The number of carbonyl (C=O) groups excluding carboxylic acids is 2. The number of hydrogen-bond donors (Lipinski definition) is 0. The molecule has 0 saturated heterocycles. The number of nitrogens with zero attached hydrogens (tertiary/aromatic N) is 1. The van der Waals surface area contributed by atoms with Gasteiger partial charge in [0.15, 0.2) is 0 Å². The van der Waals surface area contributed by atoms with Gasteiger partial charge in [0.1, 0.15) is 11.6 Å². The van der Waals surface area contributed by atoms with Crippen LogP contribution in [-0.4, -0.2) is 41.8 Å². The van der Waals surface area contributed by atoms with E-state index in [1.807, 2.05) is 18.2 Å². The van der Waals surface area contributed by atoms with Gasteiger partial charge in [-0.1, -0.05) is 18.2 Å². The van der Waals surface area contributed by atoms with Crippen LogP contribution >= 0.6 is 0 Å². The monoisotopic (exact) mass is 295 g/mol. The summed E-state index contributed by atoms with van der Waals surface area (Å²) >= 11 is 0. The number of rotatable bonds is 5. The van der Waals surface area contributed by atoms with E-state index >= 15 is 0 Å². The van der Waals surface area contributed by atoms with Crippen molar-refractivity contribution in [1.82, 2.24) is 4.90 Å². The van der Waals surface area contributed by atoms with E-state index in [1.54, 1.807) is 34.6 Å². The maximum atomic E-state index is 12.3. The Morgan fingerprint density at radius 2 is 2.05 bits per heavy atom. The van der Waals surface area contributed by atoms with E-state index in [-0.39, 0.29) is 6.61 Å². The largest absolute Gasteiger partial charge is 0.464 e. The first-order valence-electron chi connectivity index (χ1n) is 7.25. The van der Waals surface area contributed by atoms with Crippen LogP contribution in [-0.2, 0) is 14.3 Å². The Balaban J connectivity index is 2.82. The topological polar surface area (TPSA) is 55.8 Å². The van der Waals surface area contributed by atoms with Crippen molar-refractivity contribution in [1.29, 1.82) is 0 Å². The molecule has 0 heterocycles. The first kappa shape index (κ1) is 17.3. The van der Waals surface area contributed by atoms with Gasteiger partial charge in [-0.3, -0.25) is 4.90 Å². The Morgan fingerprint density at radius 1 is 1.38 bits per heavy atom. The first-order chi connectivity index (χ1) is 9.74. The fraction of sp³-hybridized carbons (Fsp3) is 0.625. The highest BCUT2D eigenvalue weighted by Crippen LogP contribution is 2.18. The van der Waals surface area contributed by atoms with Gasteiger partial charge in [0.2, 0.25) is 0 Å². The molecule has 1 aliphatic carbocycles. The van der Waals surface area contributed by atoms with Crippen LogP contribution in [0.1, 0.15) is 41.0 Å². The number of carbonyl (C=O) groups is 2. The van der Waals surface area contributed by atoms with Crippen LogP contribution in [0.25, 0.3) is 0 Å². The Labute approximate surface area is 126 Å². The van der Waals surface area contributed by atoms with Crippen LogP contribution in [0.5, 0.6) is 0 Å². The van der Waals surface area contributed by atoms with Crippen molar-refractivity contribution >= 4 is 12.1 Å². The molecule has 0 fully saturated rings. The molecule has 0 aromatic carbocycles. The van der Waals surface area contributed by atoms with Gasteiger partial charge < -0.3 is 9.47 Å². The van der Waals surface area contributed by atoms with Gasteiger partial charge in [-0.25, -0.2) is 9.59 Å². The fourth-order valence-corrected chi connectivity index (χ4v) is 1.90. The van der Waals surface area contributed by atoms with Gasteiger partial charge in [-0.15, -0.1) is 0 Å². The Hall–Kier alpha value is -1.78. The smallest absolute Gasteiger partial charge is 0.411 e. The van der Waals surface area contributed by atoms with E-state index in [9.17, 15) is 9.59 Å². The van der Waals surface area contributed by atoms with Gasteiger partial charge in [-0.2, -0.15) is 0 Å². The molecule has 5 nitrogen and oxygen atoms in total. The van der Waals surface area contributed by atoms with Crippen molar-refractivity contribution in [3.05, 3.63) is 23.8 Å². The second-order valence-electron chi connectivity index (χ2n) is 5.99. The highest BCUT2D eigenvalue weighted by atomic mass is 16.6. The number of esters is 1. The maximum Gasteiger partial charge on any atom is 0.411 e. The lowest BCUT2D eigenvalue weighted by molar-refractivity contribution is -0.148. The molecule has 1 rings (SSSR count). The van der Waals surface area contributed by atoms with Gasteiger partial charge in [0.25, 0.3) is 0 Å². The van der Waals surface area contributed by atoms with Crippen LogP contribution in [0.3, 0.4) is 0 Å². The summed E-state index contributed by atoms with van der Waals surface area (Å²) in [5.74, 6) is -0.421. The van der Waals surface area contributed by atoms with Crippen molar-refractivity contribution in [3.63, 3.8) is 0 Å². The predicted molar refractivity (Wildman–Crippen MR) is 80.9 cm³/mol. The number of hydrogen-bond acceptors (Lipinski definition) is 4. The van der Waals surface area contributed by atoms with E-state index in [2.05, 4.69) is 0 Å². The molecule has 118 valence electrons. The third kappa shape index (κ3) is 5.61. The molecule has 0 bridgehead atoms. The minimum atomic E-state index is -0.679. The van der Waals surface area contributed by atoms with E-state index < -0.39 is 23.7 Å². The highest BCUT2D eigenvalue weighted by molar-refractivity contribution is 5.81. The zero-order valence-corrected chi connectivity index (χ0v) is 13.5. The zero-order chi connectivity index (χ0) is 16.0. The number of amides is 1. The van der Waals surface area contributed by atoms with Gasteiger partial charge >= 0.3 is 12.1 Å². The van der Waals surface area contributed by atoms with E-state index in [0.29, 0.717) is 6.54 Å². The second-order valence-corrected chi connectivity index (χ2v) is 5.99. The Morgan fingerprint density at radius 3 is 2.52 bits per heavy atom. The Kier molecular flexibility index (Phi) is 6.00. The van der Waals surface area contributed by atoms with Crippen LogP contribution < -0.4 is 0 Å². The van der Waals surface area contributed by atoms with E-state index in [4.69, 9.17) is 9.47 Å². The molecule has 0 radical (unpaired) electrons. The highest BCUT2D eigenvalue weighted by Gasteiger charge is 2.31. The molecule has 0 spiro atoms. The number of allylic oxidation sites excluding steroid dienone is 3. The average Bonchev–Trinajstić information content (AvgIpc) is 2.86. The summed E-state index contributed by atoms with van der Waals surface area (Å²) in [5.41, 5.74) is 0.462. The standard InChI is InChI=1S/C16H25NO4/c1-6-20-14(18)12(2)17(11-13-9-7-8-10-13)15(19)21-16(3,4)5/h7-9,12H,6,10-11H2,1-5H3/t12-/m0/s1. The lowest BCUT2D eigenvalue weighted by Crippen LogP contribution is -2.47. The summed E-state index contributed by atoms with van der Waals surface area (Å²) in [6, 6.07) is -0.679. The van der Waals surface area contributed by atoms with Crippen LogP contribution in [0.2, 0.25) is 0 Å². The summed E-state index contributed by atoms with van der Waals surface area (Å²) in [5, 5.41) is 0. The van der Waals surface area contributed by atoms with Gasteiger partial charge in [0, 0.05) is 6.54 Å². The van der Waals surface area contributed by atoms with Crippen LogP contribution in [0.4, 0.5) is 4.79 Å². The summed E-state index contributed by atoms with van der Waals surface area (Å²) < 4.78 is 10.4. The fourth-order valence-electron chi connectivity index (χ4n) is 1.90. The van der Waals surface area contributed by atoms with E-state index in [0.717, 1.165) is 12.0 Å². The van der Waals surface area contributed by atoms with Crippen LogP contribution in [0.15, 0.2) is 23.8 Å². The van der Waals surface area contributed by atoms with E-state index in [1.165, 1.54) is 4.90 Å². The predicted octanol–water partition coefficient (Wildman–Crippen LogP) is 3.06. The third-order valence-electron chi connectivity index (χ3n) is 2.94. The maximum absolute atomic E-state index is 12.3. The van der Waals surface area contributed by atoms with Crippen LogP contribution in [0, 0.1) is 0 Å². The molecule has 1 aliphatic rings. The van der Waals surface area contributed by atoms with Crippen molar-refractivity contribution < 1.29 is 19.1 Å². The lowest BCUT2D eigenvalue weighted by Gasteiger charge is -2.31. The Bertz CT molecular complexity index is 446. The quantitative estimate of drug-likeness (QED) is 0.731. The molecule has 0 aromatic heterocycles. The minimum Gasteiger partial charge on any atom is -0.464 e. The molecule has 0 N–H and O–H groups in total. The summed E-state index contributed by atoms with van der Waals surface area (Å²) in [6.07, 6.45) is 6.19. The zero-order valence-electron chi connectivity index (χ0n) is 13.5. The second kappa shape index (κ2) is 7.29. The molecule has 1 atom stereocenters. The summed E-state index contributed by atoms with van der Waals surface area (Å²) in [4.78, 5) is 25.7. The van der Waals surface area contributed by atoms with Gasteiger partial charge in [0.05, 0.1) is 6.61 Å². The molecular formula is C16H25NO4. The normalized spacial score (nSPS) is 15.4. The van der Waals surface area contributed by atoms with Crippen molar-refractivity contribution in [3.8, 4) is 0 Å². The van der Waals surface area contributed by atoms with Gasteiger partial charge in [-0.05, 0) is 46.6 Å². The summed E-state index contributed by atoms with van der Waals surface area (Å²) in [7, 11) is 0. The lowest BCUT2D eigenvalue weighted by atomic mass is 10.2. The molecule has 1 amide bonds. The molecule has 0 unspecified atom stereocenters. The van der Waals surface area contributed by atoms with Crippen molar-refractivity contribution in [2.24, 2.45) is 0 Å². The molecular weight excluding hydrogens is 270 g/mol. The summed E-state index contributed by atoms with van der Waals surface area (Å²) in [6.45, 7) is 9.45. The number of ether oxygens (including phenoxy) is 2. The van der Waals surface area contributed by atoms with Crippen molar-refractivity contribution in [2.45, 2.75) is 52.7 Å². The average molecular weight is 295 g/mol. The molecule has 0 aliphatic heterocycles. The molecule has 21 heavy (non-hydrogen) atoms. The molecule has 0 saturated carbocycles. The third-order valence-corrected chi connectivity index (χ3v) is 2.94. The SMILES string of the molecule is CCOC(=O)[C@H](C)N(CC1=CC=CC1)C(=O)OC(C)(C)C. The minimum absolute atomic E-state index is 0.287.